The number of nitrogens with zero attached hydrogens (tertiary/aromatic N) is 2. The molecule has 0 aromatic heterocycles. The van der Waals surface area contributed by atoms with E-state index in [1.54, 1.807) is 0 Å². The lowest BCUT2D eigenvalue weighted by Crippen LogP contribution is -2.38. The van der Waals surface area contributed by atoms with E-state index >= 15 is 0 Å². The van der Waals surface area contributed by atoms with Crippen molar-refractivity contribution in [3.63, 3.8) is 0 Å². The minimum Gasteiger partial charge on any atom is -0.339 e. The Labute approximate surface area is 114 Å². The Bertz CT molecular complexity index is 484. The largest absolute Gasteiger partial charge is 0.339 e. The molecule has 1 aromatic carbocycles. The predicted molar refractivity (Wildman–Crippen MR) is 74.7 cm³/mol. The highest BCUT2D eigenvalue weighted by atomic mass is 16.2. The molecule has 1 aliphatic carbocycles. The van der Waals surface area contributed by atoms with Gasteiger partial charge in [-0.05, 0) is 30.5 Å². The van der Waals surface area contributed by atoms with Crippen LogP contribution in [0.4, 0.5) is 0 Å². The fourth-order valence-electron chi connectivity index (χ4n) is 2.74. The number of carbonyl (C=O) groups is 1. The zero-order valence-electron chi connectivity index (χ0n) is 11.4. The molecule has 0 heterocycles. The highest BCUT2D eigenvalue weighted by molar-refractivity contribution is 5.94. The number of rotatable bonds is 3. The average molecular weight is 256 g/mol. The summed E-state index contributed by atoms with van der Waals surface area (Å²) < 4.78 is 0. The fraction of sp³-hybridized carbons (Fsp3) is 0.500. The Morgan fingerprint density at radius 2 is 2.11 bits per heavy atom. The third-order valence-corrected chi connectivity index (χ3v) is 3.90. The molecule has 0 unspecified atom stereocenters. The molecule has 0 spiro atoms. The van der Waals surface area contributed by atoms with Crippen LogP contribution in [0.5, 0.6) is 0 Å². The van der Waals surface area contributed by atoms with Gasteiger partial charge in [-0.1, -0.05) is 31.4 Å². The molecule has 0 saturated heterocycles. The van der Waals surface area contributed by atoms with Crippen LogP contribution in [-0.2, 0) is 6.42 Å². The first-order valence-corrected chi connectivity index (χ1v) is 6.95. The predicted octanol–water partition coefficient (Wildman–Crippen LogP) is 3.16. The summed E-state index contributed by atoms with van der Waals surface area (Å²) in [5.41, 5.74) is 1.60. The molecule has 0 atom stereocenters. The third kappa shape index (κ3) is 3.35. The molecule has 3 nitrogen and oxygen atoms in total. The first-order valence-electron chi connectivity index (χ1n) is 6.95. The minimum absolute atomic E-state index is 0.0756. The van der Waals surface area contributed by atoms with Gasteiger partial charge in [0.25, 0.3) is 5.91 Å². The van der Waals surface area contributed by atoms with Crippen LogP contribution in [0.15, 0.2) is 24.3 Å². The topological polar surface area (TPSA) is 44.1 Å². The summed E-state index contributed by atoms with van der Waals surface area (Å²) >= 11 is 0. The second-order valence-electron chi connectivity index (χ2n) is 5.24. The summed E-state index contributed by atoms with van der Waals surface area (Å²) in [6.07, 6.45) is 6.30. The zero-order chi connectivity index (χ0) is 13.7. The van der Waals surface area contributed by atoms with E-state index < -0.39 is 0 Å². The second kappa shape index (κ2) is 6.38. The molecule has 0 aliphatic heterocycles. The van der Waals surface area contributed by atoms with Gasteiger partial charge in [0.05, 0.1) is 12.5 Å². The first-order chi connectivity index (χ1) is 9.22. The Morgan fingerprint density at radius 1 is 1.37 bits per heavy atom. The number of amides is 1. The van der Waals surface area contributed by atoms with E-state index in [4.69, 9.17) is 5.26 Å². The Morgan fingerprint density at radius 3 is 2.79 bits per heavy atom. The van der Waals surface area contributed by atoms with Crippen molar-refractivity contribution in [3.8, 4) is 6.07 Å². The highest BCUT2D eigenvalue weighted by Crippen LogP contribution is 2.23. The highest BCUT2D eigenvalue weighted by Gasteiger charge is 2.22. The molecule has 1 amide bonds. The van der Waals surface area contributed by atoms with Crippen LogP contribution >= 0.6 is 0 Å². The molecule has 1 aromatic rings. The van der Waals surface area contributed by atoms with E-state index in [1.165, 1.54) is 19.3 Å². The van der Waals surface area contributed by atoms with Crippen LogP contribution in [0.1, 0.15) is 48.0 Å². The van der Waals surface area contributed by atoms with E-state index in [9.17, 15) is 4.79 Å². The summed E-state index contributed by atoms with van der Waals surface area (Å²) in [5.74, 6) is 0.0756. The van der Waals surface area contributed by atoms with Crippen LogP contribution in [-0.4, -0.2) is 23.9 Å². The molecule has 1 aliphatic rings. The van der Waals surface area contributed by atoms with Crippen molar-refractivity contribution in [2.45, 2.75) is 44.6 Å². The van der Waals surface area contributed by atoms with Crippen LogP contribution in [0, 0.1) is 11.3 Å². The minimum atomic E-state index is 0.0756. The van der Waals surface area contributed by atoms with Crippen LogP contribution in [0.3, 0.4) is 0 Å². The maximum atomic E-state index is 12.4. The normalized spacial score (nSPS) is 15.8. The van der Waals surface area contributed by atoms with Crippen molar-refractivity contribution in [3.05, 3.63) is 35.4 Å². The Kier molecular flexibility index (Phi) is 4.57. The van der Waals surface area contributed by atoms with Gasteiger partial charge in [0, 0.05) is 18.7 Å². The lowest BCUT2D eigenvalue weighted by Gasteiger charge is -2.31. The van der Waals surface area contributed by atoms with Gasteiger partial charge in [0.1, 0.15) is 0 Å². The SMILES string of the molecule is CN(C(=O)c1cccc(CC#N)c1)C1CCCCC1. The van der Waals surface area contributed by atoms with Crippen LogP contribution in [0.2, 0.25) is 0 Å². The van der Waals surface area contributed by atoms with Gasteiger partial charge < -0.3 is 4.90 Å². The number of nitriles is 1. The van der Waals surface area contributed by atoms with Gasteiger partial charge in [-0.2, -0.15) is 5.26 Å². The monoisotopic (exact) mass is 256 g/mol. The van der Waals surface area contributed by atoms with Gasteiger partial charge in [-0.25, -0.2) is 0 Å². The molecule has 3 heteroatoms. The van der Waals surface area contributed by atoms with Crippen molar-refractivity contribution in [1.29, 1.82) is 5.26 Å². The zero-order valence-corrected chi connectivity index (χ0v) is 11.4. The molecule has 1 fully saturated rings. The van der Waals surface area contributed by atoms with E-state index in [-0.39, 0.29) is 5.91 Å². The maximum absolute atomic E-state index is 12.4. The van der Waals surface area contributed by atoms with Crippen LogP contribution < -0.4 is 0 Å². The van der Waals surface area contributed by atoms with Crippen molar-refractivity contribution < 1.29 is 4.79 Å². The maximum Gasteiger partial charge on any atom is 0.253 e. The standard InChI is InChI=1S/C16H20N2O/c1-18(15-8-3-2-4-9-15)16(19)14-7-5-6-13(12-14)10-11-17/h5-7,12,15H,2-4,8-10H2,1H3. The first kappa shape index (κ1) is 13.6. The molecule has 19 heavy (non-hydrogen) atoms. The van der Waals surface area contributed by atoms with Crippen molar-refractivity contribution in [2.75, 3.05) is 7.05 Å². The van der Waals surface area contributed by atoms with Crippen molar-refractivity contribution in [1.82, 2.24) is 4.90 Å². The van der Waals surface area contributed by atoms with Crippen molar-refractivity contribution in [2.24, 2.45) is 0 Å². The molecule has 0 radical (unpaired) electrons. The number of benzene rings is 1. The Balaban J connectivity index is 2.09. The number of hydrogen-bond acceptors (Lipinski definition) is 2. The molecule has 0 N–H and O–H groups in total. The van der Waals surface area contributed by atoms with E-state index in [0.717, 1.165) is 18.4 Å². The molecule has 2 rings (SSSR count). The summed E-state index contributed by atoms with van der Waals surface area (Å²) in [6.45, 7) is 0. The molecule has 1 saturated carbocycles. The smallest absolute Gasteiger partial charge is 0.253 e. The summed E-state index contributed by atoms with van der Waals surface area (Å²) in [7, 11) is 1.90. The summed E-state index contributed by atoms with van der Waals surface area (Å²) in [5, 5.41) is 8.72. The molecule has 0 bridgehead atoms. The van der Waals surface area contributed by atoms with Gasteiger partial charge in [0.15, 0.2) is 0 Å². The lowest BCUT2D eigenvalue weighted by atomic mass is 9.94. The quantitative estimate of drug-likeness (QED) is 0.833. The summed E-state index contributed by atoms with van der Waals surface area (Å²) in [6, 6.07) is 9.91. The van der Waals surface area contributed by atoms with Gasteiger partial charge in [-0.15, -0.1) is 0 Å². The molecule has 100 valence electrons. The molecular weight excluding hydrogens is 236 g/mol. The van der Waals surface area contributed by atoms with Gasteiger partial charge in [-0.3, -0.25) is 4.79 Å². The van der Waals surface area contributed by atoms with E-state index in [1.807, 2.05) is 36.2 Å². The van der Waals surface area contributed by atoms with Gasteiger partial charge >= 0.3 is 0 Å². The molecular formula is C16H20N2O. The Hall–Kier alpha value is -1.82. The number of carbonyl (C=O) groups excluding carboxylic acids is 1. The fourth-order valence-corrected chi connectivity index (χ4v) is 2.74. The van der Waals surface area contributed by atoms with Crippen molar-refractivity contribution >= 4 is 5.91 Å². The van der Waals surface area contributed by atoms with Gasteiger partial charge in [0.2, 0.25) is 0 Å². The van der Waals surface area contributed by atoms with E-state index in [0.29, 0.717) is 18.0 Å². The number of hydrogen-bond donors (Lipinski definition) is 0. The summed E-state index contributed by atoms with van der Waals surface area (Å²) in [4.78, 5) is 14.3. The second-order valence-corrected chi connectivity index (χ2v) is 5.24. The lowest BCUT2D eigenvalue weighted by molar-refractivity contribution is 0.0696. The third-order valence-electron chi connectivity index (χ3n) is 3.90. The van der Waals surface area contributed by atoms with Crippen LogP contribution in [0.25, 0.3) is 0 Å². The average Bonchev–Trinajstić information content (AvgIpc) is 2.47. The van der Waals surface area contributed by atoms with E-state index in [2.05, 4.69) is 6.07 Å².